The normalized spacial score (nSPS) is 20.2. The molecular formula is C16H25NO3. The average molecular weight is 279 g/mol. The van der Waals surface area contributed by atoms with Crippen molar-refractivity contribution in [2.45, 2.75) is 44.8 Å². The Morgan fingerprint density at radius 1 is 1.45 bits per heavy atom. The van der Waals surface area contributed by atoms with Crippen molar-refractivity contribution >= 4 is 5.69 Å². The highest BCUT2D eigenvalue weighted by molar-refractivity contribution is 5.61. The fourth-order valence-electron chi connectivity index (χ4n) is 3.16. The van der Waals surface area contributed by atoms with E-state index in [1.807, 2.05) is 12.1 Å². The monoisotopic (exact) mass is 279 g/mol. The first-order valence-corrected chi connectivity index (χ1v) is 7.41. The van der Waals surface area contributed by atoms with E-state index in [0.29, 0.717) is 6.04 Å². The molecular weight excluding hydrogens is 254 g/mol. The second kappa shape index (κ2) is 6.95. The Morgan fingerprint density at radius 3 is 2.90 bits per heavy atom. The molecule has 1 aromatic rings. The van der Waals surface area contributed by atoms with Crippen molar-refractivity contribution in [1.82, 2.24) is 0 Å². The first-order valence-electron chi connectivity index (χ1n) is 7.41. The fourth-order valence-corrected chi connectivity index (χ4v) is 3.16. The molecule has 2 rings (SSSR count). The van der Waals surface area contributed by atoms with Crippen LogP contribution in [0.2, 0.25) is 0 Å². The lowest BCUT2D eigenvalue weighted by atomic mass is 10.0. The number of nitrogens with zero attached hydrogens (tertiary/aromatic N) is 1. The standard InChI is InChI=1S/C16H25NO3/c1-12(19)16-14(8-3-9-15(16)20-2)17-10-4-6-13(17)7-5-11-18/h3,8-9,12-13,18-19H,4-7,10-11H2,1-2H3/t12-,13?/m0/s1. The van der Waals surface area contributed by atoms with E-state index in [4.69, 9.17) is 9.84 Å². The number of methoxy groups -OCH3 is 1. The van der Waals surface area contributed by atoms with Gasteiger partial charge in [0, 0.05) is 30.4 Å². The highest BCUT2D eigenvalue weighted by Gasteiger charge is 2.28. The summed E-state index contributed by atoms with van der Waals surface area (Å²) in [5, 5.41) is 19.1. The van der Waals surface area contributed by atoms with Crippen molar-refractivity contribution in [3.8, 4) is 5.75 Å². The van der Waals surface area contributed by atoms with Crippen molar-refractivity contribution in [2.75, 3.05) is 25.2 Å². The molecule has 1 aromatic carbocycles. The van der Waals surface area contributed by atoms with Gasteiger partial charge in [-0.2, -0.15) is 0 Å². The molecule has 1 unspecified atom stereocenters. The maximum atomic E-state index is 10.1. The highest BCUT2D eigenvalue weighted by Crippen LogP contribution is 2.38. The zero-order valence-corrected chi connectivity index (χ0v) is 12.4. The van der Waals surface area contributed by atoms with E-state index in [-0.39, 0.29) is 6.61 Å². The number of hydrogen-bond donors (Lipinski definition) is 2. The van der Waals surface area contributed by atoms with Crippen LogP contribution in [0.1, 0.15) is 44.3 Å². The lowest BCUT2D eigenvalue weighted by molar-refractivity contribution is 0.194. The molecule has 0 saturated carbocycles. The Kier molecular flexibility index (Phi) is 5.26. The van der Waals surface area contributed by atoms with Crippen molar-refractivity contribution in [3.05, 3.63) is 23.8 Å². The first-order chi connectivity index (χ1) is 9.69. The van der Waals surface area contributed by atoms with Gasteiger partial charge < -0.3 is 19.8 Å². The molecule has 4 nitrogen and oxygen atoms in total. The van der Waals surface area contributed by atoms with E-state index in [1.54, 1.807) is 14.0 Å². The van der Waals surface area contributed by atoms with Gasteiger partial charge in [0.15, 0.2) is 0 Å². The zero-order chi connectivity index (χ0) is 14.5. The van der Waals surface area contributed by atoms with Gasteiger partial charge in [0.05, 0.1) is 13.2 Å². The molecule has 0 aromatic heterocycles. The summed E-state index contributed by atoms with van der Waals surface area (Å²) in [7, 11) is 1.64. The van der Waals surface area contributed by atoms with Crippen LogP contribution in [-0.4, -0.2) is 36.5 Å². The molecule has 1 fully saturated rings. The summed E-state index contributed by atoms with van der Waals surface area (Å²) in [4.78, 5) is 2.36. The molecule has 112 valence electrons. The van der Waals surface area contributed by atoms with Gasteiger partial charge in [0.25, 0.3) is 0 Å². The van der Waals surface area contributed by atoms with Crippen LogP contribution in [0.15, 0.2) is 18.2 Å². The SMILES string of the molecule is COc1cccc(N2CCCC2CCCO)c1[C@H](C)O. The van der Waals surface area contributed by atoms with Gasteiger partial charge in [-0.15, -0.1) is 0 Å². The van der Waals surface area contributed by atoms with Crippen molar-refractivity contribution in [2.24, 2.45) is 0 Å². The average Bonchev–Trinajstić information content (AvgIpc) is 2.92. The molecule has 0 radical (unpaired) electrons. The van der Waals surface area contributed by atoms with Crippen LogP contribution in [0, 0.1) is 0 Å². The van der Waals surface area contributed by atoms with Gasteiger partial charge in [0.1, 0.15) is 5.75 Å². The Bertz CT molecular complexity index is 434. The molecule has 4 heteroatoms. The molecule has 20 heavy (non-hydrogen) atoms. The number of anilines is 1. The number of benzene rings is 1. The maximum absolute atomic E-state index is 10.1. The van der Waals surface area contributed by atoms with Gasteiger partial charge in [0.2, 0.25) is 0 Å². The molecule has 0 amide bonds. The van der Waals surface area contributed by atoms with Crippen LogP contribution in [0.4, 0.5) is 5.69 Å². The van der Waals surface area contributed by atoms with Crippen LogP contribution in [0.25, 0.3) is 0 Å². The van der Waals surface area contributed by atoms with Crippen LogP contribution in [0.3, 0.4) is 0 Å². The predicted octanol–water partition coefficient (Wildman–Crippen LogP) is 2.49. The van der Waals surface area contributed by atoms with Gasteiger partial charge >= 0.3 is 0 Å². The van der Waals surface area contributed by atoms with E-state index in [1.165, 1.54) is 0 Å². The van der Waals surface area contributed by atoms with E-state index >= 15 is 0 Å². The Balaban J connectivity index is 2.31. The summed E-state index contributed by atoms with van der Waals surface area (Å²) in [5.41, 5.74) is 1.94. The molecule has 0 aliphatic carbocycles. The van der Waals surface area contributed by atoms with Gasteiger partial charge in [-0.25, -0.2) is 0 Å². The van der Waals surface area contributed by atoms with E-state index < -0.39 is 6.10 Å². The zero-order valence-electron chi connectivity index (χ0n) is 12.4. The molecule has 0 bridgehead atoms. The van der Waals surface area contributed by atoms with E-state index in [2.05, 4.69) is 11.0 Å². The first kappa shape index (κ1) is 15.1. The van der Waals surface area contributed by atoms with Crippen molar-refractivity contribution in [3.63, 3.8) is 0 Å². The third-order valence-corrected chi connectivity index (χ3v) is 4.06. The van der Waals surface area contributed by atoms with E-state index in [0.717, 1.165) is 49.2 Å². The smallest absolute Gasteiger partial charge is 0.126 e. The minimum atomic E-state index is -0.555. The summed E-state index contributed by atoms with van der Waals surface area (Å²) in [6, 6.07) is 6.37. The van der Waals surface area contributed by atoms with Crippen LogP contribution in [0.5, 0.6) is 5.75 Å². The van der Waals surface area contributed by atoms with E-state index in [9.17, 15) is 5.11 Å². The lowest BCUT2D eigenvalue weighted by Crippen LogP contribution is -2.30. The number of hydrogen-bond acceptors (Lipinski definition) is 4. The van der Waals surface area contributed by atoms with Crippen molar-refractivity contribution < 1.29 is 14.9 Å². The second-order valence-electron chi connectivity index (χ2n) is 5.42. The predicted molar refractivity (Wildman–Crippen MR) is 80.3 cm³/mol. The fraction of sp³-hybridized carbons (Fsp3) is 0.625. The number of aliphatic hydroxyl groups excluding tert-OH is 2. The number of rotatable bonds is 6. The van der Waals surface area contributed by atoms with Crippen LogP contribution in [-0.2, 0) is 0 Å². The maximum Gasteiger partial charge on any atom is 0.126 e. The molecule has 1 aliphatic rings. The van der Waals surface area contributed by atoms with Crippen LogP contribution >= 0.6 is 0 Å². The molecule has 2 atom stereocenters. The summed E-state index contributed by atoms with van der Waals surface area (Å²) in [6.07, 6.45) is 3.57. The Hall–Kier alpha value is -1.26. The summed E-state index contributed by atoms with van der Waals surface area (Å²) in [6.45, 7) is 3.02. The number of ether oxygens (including phenoxy) is 1. The topological polar surface area (TPSA) is 52.9 Å². The quantitative estimate of drug-likeness (QED) is 0.840. The Morgan fingerprint density at radius 2 is 2.25 bits per heavy atom. The molecule has 0 spiro atoms. The molecule has 1 heterocycles. The third kappa shape index (κ3) is 3.07. The highest BCUT2D eigenvalue weighted by atomic mass is 16.5. The summed E-state index contributed by atoms with van der Waals surface area (Å²) in [5.74, 6) is 0.741. The minimum absolute atomic E-state index is 0.242. The molecule has 1 aliphatic heterocycles. The summed E-state index contributed by atoms with van der Waals surface area (Å²) >= 11 is 0. The van der Waals surface area contributed by atoms with Gasteiger partial charge in [-0.3, -0.25) is 0 Å². The van der Waals surface area contributed by atoms with Gasteiger partial charge in [-0.1, -0.05) is 6.07 Å². The van der Waals surface area contributed by atoms with Gasteiger partial charge in [-0.05, 0) is 44.7 Å². The van der Waals surface area contributed by atoms with Crippen LogP contribution < -0.4 is 9.64 Å². The molecule has 2 N–H and O–H groups in total. The number of aliphatic hydroxyl groups is 2. The third-order valence-electron chi connectivity index (χ3n) is 4.06. The summed E-state index contributed by atoms with van der Waals surface area (Å²) < 4.78 is 5.40. The lowest BCUT2D eigenvalue weighted by Gasteiger charge is -2.30. The second-order valence-corrected chi connectivity index (χ2v) is 5.42. The van der Waals surface area contributed by atoms with Crippen molar-refractivity contribution in [1.29, 1.82) is 0 Å². The largest absolute Gasteiger partial charge is 0.496 e. The Labute approximate surface area is 121 Å². The minimum Gasteiger partial charge on any atom is -0.496 e. The molecule has 1 saturated heterocycles.